The molecule has 134 valence electrons. The minimum Gasteiger partial charge on any atom is -0.494 e. The number of rotatable bonds is 7. The fourth-order valence-electron chi connectivity index (χ4n) is 2.95. The second-order valence-corrected chi connectivity index (χ2v) is 6.02. The van der Waals surface area contributed by atoms with Crippen molar-refractivity contribution in [2.75, 3.05) is 38.2 Å². The molecule has 6 heteroatoms. The smallest absolute Gasteiger partial charge is 0.238 e. The largest absolute Gasteiger partial charge is 0.494 e. The Hall–Kier alpha value is -1.79. The molecule has 1 fully saturated rings. The van der Waals surface area contributed by atoms with E-state index in [0.717, 1.165) is 13.1 Å². The summed E-state index contributed by atoms with van der Waals surface area (Å²) in [4.78, 5) is 14.5. The van der Waals surface area contributed by atoms with Gasteiger partial charge in [0.1, 0.15) is 11.5 Å². The highest BCUT2D eigenvalue weighted by molar-refractivity contribution is 5.94. The lowest BCUT2D eigenvalue weighted by molar-refractivity contribution is -0.121. The fourth-order valence-corrected chi connectivity index (χ4v) is 2.95. The van der Waals surface area contributed by atoms with Gasteiger partial charge in [-0.1, -0.05) is 0 Å². The van der Waals surface area contributed by atoms with Gasteiger partial charge in [-0.2, -0.15) is 0 Å². The predicted octanol–water partition coefficient (Wildman–Crippen LogP) is 2.53. The van der Waals surface area contributed by atoms with E-state index in [4.69, 9.17) is 14.2 Å². The number of hydrogen-bond acceptors (Lipinski definition) is 5. The van der Waals surface area contributed by atoms with E-state index in [0.29, 0.717) is 36.9 Å². The van der Waals surface area contributed by atoms with E-state index < -0.39 is 0 Å². The normalized spacial score (nSPS) is 21.3. The van der Waals surface area contributed by atoms with Crippen molar-refractivity contribution in [3.63, 3.8) is 0 Å². The summed E-state index contributed by atoms with van der Waals surface area (Å²) in [5.74, 6) is 1.30. The molecular formula is C18H28N2O4. The summed E-state index contributed by atoms with van der Waals surface area (Å²) in [6.45, 7) is 10.9. The minimum atomic E-state index is -0.0640. The second kappa shape index (κ2) is 8.89. The maximum absolute atomic E-state index is 12.4. The first-order valence-corrected chi connectivity index (χ1v) is 8.59. The van der Waals surface area contributed by atoms with E-state index >= 15 is 0 Å². The Morgan fingerprint density at radius 2 is 1.88 bits per heavy atom. The van der Waals surface area contributed by atoms with Gasteiger partial charge in [-0.05, 0) is 39.8 Å². The monoisotopic (exact) mass is 336 g/mol. The second-order valence-electron chi connectivity index (χ2n) is 6.02. The summed E-state index contributed by atoms with van der Waals surface area (Å²) in [5.41, 5.74) is 0.641. The van der Waals surface area contributed by atoms with Crippen molar-refractivity contribution >= 4 is 11.6 Å². The lowest BCUT2D eigenvalue weighted by Crippen LogP contribution is -2.48. The van der Waals surface area contributed by atoms with Crippen LogP contribution in [-0.2, 0) is 9.53 Å². The van der Waals surface area contributed by atoms with Crippen molar-refractivity contribution in [1.82, 2.24) is 4.90 Å². The van der Waals surface area contributed by atoms with Gasteiger partial charge < -0.3 is 19.5 Å². The molecule has 0 radical (unpaired) electrons. The number of hydrogen-bond donors (Lipinski definition) is 1. The van der Waals surface area contributed by atoms with Crippen molar-refractivity contribution in [3.05, 3.63) is 18.2 Å². The third-order valence-electron chi connectivity index (χ3n) is 3.70. The number of carbonyl (C=O) groups is 1. The summed E-state index contributed by atoms with van der Waals surface area (Å²) in [5, 5.41) is 2.94. The summed E-state index contributed by atoms with van der Waals surface area (Å²) in [6, 6.07) is 5.47. The topological polar surface area (TPSA) is 60.0 Å². The number of nitrogens with zero attached hydrogens (tertiary/aromatic N) is 1. The number of amides is 1. The summed E-state index contributed by atoms with van der Waals surface area (Å²) in [6.07, 6.45) is 0.281. The lowest BCUT2D eigenvalue weighted by atomic mass is 10.2. The summed E-state index contributed by atoms with van der Waals surface area (Å²) in [7, 11) is 0. The average molecular weight is 336 g/mol. The zero-order valence-corrected chi connectivity index (χ0v) is 15.0. The maximum atomic E-state index is 12.4. The van der Waals surface area contributed by atoms with Crippen LogP contribution in [0.2, 0.25) is 0 Å². The molecule has 0 spiro atoms. The van der Waals surface area contributed by atoms with Gasteiger partial charge in [0, 0.05) is 19.2 Å². The molecule has 2 rings (SSSR count). The van der Waals surface area contributed by atoms with Gasteiger partial charge in [0.05, 0.1) is 37.7 Å². The van der Waals surface area contributed by atoms with Gasteiger partial charge in [0.25, 0.3) is 0 Å². The van der Waals surface area contributed by atoms with Crippen LogP contribution in [0.25, 0.3) is 0 Å². The third-order valence-corrected chi connectivity index (χ3v) is 3.70. The van der Waals surface area contributed by atoms with Crippen molar-refractivity contribution in [2.24, 2.45) is 0 Å². The molecule has 1 aromatic rings. The van der Waals surface area contributed by atoms with E-state index in [1.165, 1.54) is 0 Å². The SMILES string of the molecule is CCOc1ccc(OCC)c(NC(=O)CN2CC(C)OC(C)C2)c1. The highest BCUT2D eigenvalue weighted by Crippen LogP contribution is 2.29. The Bertz CT molecular complexity index is 540. The molecule has 1 amide bonds. The zero-order valence-electron chi connectivity index (χ0n) is 15.0. The molecule has 1 N–H and O–H groups in total. The highest BCUT2D eigenvalue weighted by Gasteiger charge is 2.24. The Labute approximate surface area is 144 Å². The first-order chi connectivity index (χ1) is 11.5. The van der Waals surface area contributed by atoms with E-state index in [9.17, 15) is 4.79 Å². The van der Waals surface area contributed by atoms with Gasteiger partial charge in [0.2, 0.25) is 5.91 Å². The molecule has 0 aliphatic carbocycles. The minimum absolute atomic E-state index is 0.0640. The Kier molecular flexibility index (Phi) is 6.87. The number of anilines is 1. The maximum Gasteiger partial charge on any atom is 0.238 e. The van der Waals surface area contributed by atoms with Gasteiger partial charge in [0.15, 0.2) is 0 Å². The fraction of sp³-hybridized carbons (Fsp3) is 0.611. The number of ether oxygens (including phenoxy) is 3. The van der Waals surface area contributed by atoms with Crippen LogP contribution in [0, 0.1) is 0 Å². The summed E-state index contributed by atoms with van der Waals surface area (Å²) >= 11 is 0. The van der Waals surface area contributed by atoms with Crippen molar-refractivity contribution < 1.29 is 19.0 Å². The van der Waals surface area contributed by atoms with E-state index in [-0.39, 0.29) is 18.1 Å². The molecule has 1 heterocycles. The molecule has 0 saturated carbocycles. The van der Waals surface area contributed by atoms with Gasteiger partial charge in [-0.3, -0.25) is 9.69 Å². The molecule has 2 atom stereocenters. The van der Waals surface area contributed by atoms with Gasteiger partial charge in [-0.25, -0.2) is 0 Å². The summed E-state index contributed by atoms with van der Waals surface area (Å²) < 4.78 is 16.8. The molecule has 0 bridgehead atoms. The molecule has 2 unspecified atom stereocenters. The molecule has 24 heavy (non-hydrogen) atoms. The Morgan fingerprint density at radius 1 is 1.21 bits per heavy atom. The number of morpholine rings is 1. The molecule has 1 aromatic carbocycles. The molecule has 1 saturated heterocycles. The van der Waals surface area contributed by atoms with Gasteiger partial charge in [-0.15, -0.1) is 0 Å². The standard InChI is InChI=1S/C18H28N2O4/c1-5-22-15-7-8-17(23-6-2)16(9-15)19-18(21)12-20-10-13(3)24-14(4)11-20/h7-9,13-14H,5-6,10-12H2,1-4H3,(H,19,21). The van der Waals surface area contributed by atoms with Gasteiger partial charge >= 0.3 is 0 Å². The first kappa shape index (κ1) is 18.5. The molecule has 1 aliphatic rings. The number of nitrogens with one attached hydrogen (secondary N) is 1. The van der Waals surface area contributed by atoms with Crippen LogP contribution in [0.5, 0.6) is 11.5 Å². The van der Waals surface area contributed by atoms with Crippen LogP contribution in [0.1, 0.15) is 27.7 Å². The predicted molar refractivity (Wildman–Crippen MR) is 93.9 cm³/mol. The van der Waals surface area contributed by atoms with E-state index in [2.05, 4.69) is 10.2 Å². The van der Waals surface area contributed by atoms with Crippen LogP contribution in [-0.4, -0.2) is 55.9 Å². The molecule has 0 aromatic heterocycles. The number of carbonyl (C=O) groups excluding carboxylic acids is 1. The third kappa shape index (κ3) is 5.39. The van der Waals surface area contributed by atoms with Crippen LogP contribution in [0.4, 0.5) is 5.69 Å². The average Bonchev–Trinajstić information content (AvgIpc) is 2.49. The van der Waals surface area contributed by atoms with E-state index in [1.807, 2.05) is 39.8 Å². The highest BCUT2D eigenvalue weighted by atomic mass is 16.5. The van der Waals surface area contributed by atoms with Crippen molar-refractivity contribution in [1.29, 1.82) is 0 Å². The van der Waals surface area contributed by atoms with Crippen LogP contribution < -0.4 is 14.8 Å². The molecule has 6 nitrogen and oxygen atoms in total. The first-order valence-electron chi connectivity index (χ1n) is 8.59. The zero-order chi connectivity index (χ0) is 17.5. The quantitative estimate of drug-likeness (QED) is 0.829. The van der Waals surface area contributed by atoms with Crippen LogP contribution in [0.3, 0.4) is 0 Å². The Morgan fingerprint density at radius 3 is 2.50 bits per heavy atom. The van der Waals surface area contributed by atoms with Crippen LogP contribution >= 0.6 is 0 Å². The van der Waals surface area contributed by atoms with Crippen molar-refractivity contribution in [2.45, 2.75) is 39.9 Å². The van der Waals surface area contributed by atoms with E-state index in [1.54, 1.807) is 6.07 Å². The Balaban J connectivity index is 2.02. The van der Waals surface area contributed by atoms with Crippen LogP contribution in [0.15, 0.2) is 18.2 Å². The van der Waals surface area contributed by atoms with Crippen molar-refractivity contribution in [3.8, 4) is 11.5 Å². The lowest BCUT2D eigenvalue weighted by Gasteiger charge is -2.34. The molecule has 1 aliphatic heterocycles. The molecular weight excluding hydrogens is 308 g/mol. The number of benzene rings is 1.